The van der Waals surface area contributed by atoms with Gasteiger partial charge in [-0.25, -0.2) is 15.0 Å². The van der Waals surface area contributed by atoms with Crippen molar-refractivity contribution in [3.05, 3.63) is 36.3 Å². The van der Waals surface area contributed by atoms with E-state index in [1.54, 1.807) is 18.3 Å². The Hall–Kier alpha value is -2.43. The molecule has 5 heteroatoms. The average molecular weight is 226 g/mol. The standard InChI is InChI=1S/C12H10N4O/c1-7-4-8(17)2-3-9(7)11-15-10-5-13-6-14-12(10)16-11/h2-6,17H,1H3,(H,13,14,15,16). The maximum Gasteiger partial charge on any atom is 0.181 e. The fourth-order valence-electron chi connectivity index (χ4n) is 1.80. The minimum atomic E-state index is 0.252. The highest BCUT2D eigenvalue weighted by Crippen LogP contribution is 2.25. The summed E-state index contributed by atoms with van der Waals surface area (Å²) in [6.45, 7) is 1.92. The summed E-state index contributed by atoms with van der Waals surface area (Å²) in [6.07, 6.45) is 3.16. The lowest BCUT2D eigenvalue weighted by Crippen LogP contribution is -1.84. The second kappa shape index (κ2) is 3.55. The number of phenols is 1. The molecule has 0 spiro atoms. The van der Waals surface area contributed by atoms with Crippen LogP contribution in [-0.4, -0.2) is 25.0 Å². The van der Waals surface area contributed by atoms with Crippen molar-refractivity contribution in [3.8, 4) is 17.1 Å². The highest BCUT2D eigenvalue weighted by Gasteiger charge is 2.08. The van der Waals surface area contributed by atoms with Gasteiger partial charge in [-0.3, -0.25) is 0 Å². The third kappa shape index (κ3) is 1.61. The van der Waals surface area contributed by atoms with Gasteiger partial charge in [0.15, 0.2) is 5.65 Å². The van der Waals surface area contributed by atoms with Gasteiger partial charge in [-0.15, -0.1) is 0 Å². The van der Waals surface area contributed by atoms with Crippen LogP contribution in [0, 0.1) is 6.92 Å². The molecule has 0 fully saturated rings. The number of aromatic nitrogens is 4. The molecule has 0 saturated heterocycles. The van der Waals surface area contributed by atoms with E-state index in [2.05, 4.69) is 19.9 Å². The third-order valence-corrected chi connectivity index (χ3v) is 2.63. The number of aromatic hydroxyl groups is 1. The predicted octanol–water partition coefficient (Wildman–Crippen LogP) is 2.03. The molecule has 0 aliphatic rings. The van der Waals surface area contributed by atoms with Crippen LogP contribution < -0.4 is 0 Å². The fraction of sp³-hybridized carbons (Fsp3) is 0.0833. The van der Waals surface area contributed by atoms with Crippen LogP contribution in [0.4, 0.5) is 0 Å². The molecule has 0 unspecified atom stereocenters. The lowest BCUT2D eigenvalue weighted by atomic mass is 10.1. The monoisotopic (exact) mass is 226 g/mol. The number of nitrogens with zero attached hydrogens (tertiary/aromatic N) is 3. The van der Waals surface area contributed by atoms with Gasteiger partial charge >= 0.3 is 0 Å². The van der Waals surface area contributed by atoms with Crippen molar-refractivity contribution in [2.45, 2.75) is 6.92 Å². The van der Waals surface area contributed by atoms with Gasteiger partial charge in [0.2, 0.25) is 0 Å². The van der Waals surface area contributed by atoms with E-state index < -0.39 is 0 Å². The number of phenolic OH excluding ortho intramolecular Hbond substituents is 1. The molecule has 84 valence electrons. The van der Waals surface area contributed by atoms with Gasteiger partial charge in [-0.1, -0.05) is 0 Å². The first kappa shape index (κ1) is 9.77. The second-order valence-corrected chi connectivity index (χ2v) is 3.84. The Kier molecular flexibility index (Phi) is 2.04. The van der Waals surface area contributed by atoms with Gasteiger partial charge in [0.1, 0.15) is 23.4 Å². The summed E-state index contributed by atoms with van der Waals surface area (Å²) in [6, 6.07) is 5.17. The van der Waals surface area contributed by atoms with Gasteiger partial charge in [0.25, 0.3) is 0 Å². The van der Waals surface area contributed by atoms with Crippen molar-refractivity contribution < 1.29 is 5.11 Å². The Morgan fingerprint density at radius 3 is 2.94 bits per heavy atom. The molecule has 0 aliphatic carbocycles. The SMILES string of the molecule is Cc1cc(O)ccc1-c1nc2ncncc2[nH]1. The highest BCUT2D eigenvalue weighted by molar-refractivity contribution is 5.75. The van der Waals surface area contributed by atoms with E-state index in [1.165, 1.54) is 6.33 Å². The number of hydrogen-bond acceptors (Lipinski definition) is 4. The van der Waals surface area contributed by atoms with Crippen LogP contribution in [0.2, 0.25) is 0 Å². The molecule has 3 rings (SSSR count). The van der Waals surface area contributed by atoms with Crippen molar-refractivity contribution in [1.82, 2.24) is 19.9 Å². The van der Waals surface area contributed by atoms with E-state index >= 15 is 0 Å². The normalized spacial score (nSPS) is 10.9. The summed E-state index contributed by atoms with van der Waals surface area (Å²) in [4.78, 5) is 15.5. The van der Waals surface area contributed by atoms with Crippen LogP contribution in [0.1, 0.15) is 5.56 Å². The van der Waals surface area contributed by atoms with Crippen molar-refractivity contribution in [3.63, 3.8) is 0 Å². The molecule has 5 nitrogen and oxygen atoms in total. The van der Waals surface area contributed by atoms with E-state index in [4.69, 9.17) is 0 Å². The number of imidazole rings is 1. The van der Waals surface area contributed by atoms with Gasteiger partial charge < -0.3 is 10.1 Å². The quantitative estimate of drug-likeness (QED) is 0.665. The van der Waals surface area contributed by atoms with E-state index in [0.717, 1.165) is 22.5 Å². The summed E-state index contributed by atoms with van der Waals surface area (Å²) in [5.74, 6) is 0.986. The minimum absolute atomic E-state index is 0.252. The zero-order valence-electron chi connectivity index (χ0n) is 9.18. The van der Waals surface area contributed by atoms with Crippen LogP contribution in [0.25, 0.3) is 22.6 Å². The maximum atomic E-state index is 9.37. The molecule has 1 aromatic carbocycles. The number of aryl methyl sites for hydroxylation is 1. The zero-order chi connectivity index (χ0) is 11.8. The Morgan fingerprint density at radius 2 is 2.18 bits per heavy atom. The lowest BCUT2D eigenvalue weighted by Gasteiger charge is -2.02. The molecular formula is C12H10N4O. The van der Waals surface area contributed by atoms with Crippen LogP contribution in [0.15, 0.2) is 30.7 Å². The molecule has 0 bridgehead atoms. The number of H-pyrrole nitrogens is 1. The molecular weight excluding hydrogens is 216 g/mol. The number of hydrogen-bond donors (Lipinski definition) is 2. The first-order valence-corrected chi connectivity index (χ1v) is 5.20. The number of rotatable bonds is 1. The molecule has 0 saturated carbocycles. The molecule has 0 amide bonds. The third-order valence-electron chi connectivity index (χ3n) is 2.63. The van der Waals surface area contributed by atoms with E-state index in [-0.39, 0.29) is 5.75 Å². The Labute approximate surface area is 97.2 Å². The molecule has 2 heterocycles. The molecule has 2 aromatic heterocycles. The van der Waals surface area contributed by atoms with Crippen LogP contribution >= 0.6 is 0 Å². The average Bonchev–Trinajstić information content (AvgIpc) is 2.72. The van der Waals surface area contributed by atoms with Crippen molar-refractivity contribution in [1.29, 1.82) is 0 Å². The summed E-state index contributed by atoms with van der Waals surface area (Å²) < 4.78 is 0. The van der Waals surface area contributed by atoms with Gasteiger partial charge in [0, 0.05) is 5.56 Å². The Balaban J connectivity index is 2.20. The van der Waals surface area contributed by atoms with Crippen LogP contribution in [0.3, 0.4) is 0 Å². The lowest BCUT2D eigenvalue weighted by molar-refractivity contribution is 0.475. The largest absolute Gasteiger partial charge is 0.508 e. The molecule has 3 aromatic rings. The number of aromatic amines is 1. The second-order valence-electron chi connectivity index (χ2n) is 3.84. The first-order chi connectivity index (χ1) is 8.24. The fourth-order valence-corrected chi connectivity index (χ4v) is 1.80. The minimum Gasteiger partial charge on any atom is -0.508 e. The van der Waals surface area contributed by atoms with Gasteiger partial charge in [-0.2, -0.15) is 0 Å². The van der Waals surface area contributed by atoms with Crippen molar-refractivity contribution >= 4 is 11.2 Å². The number of nitrogens with one attached hydrogen (secondary N) is 1. The molecule has 0 radical (unpaired) electrons. The predicted molar refractivity (Wildman–Crippen MR) is 63.5 cm³/mol. The Morgan fingerprint density at radius 1 is 1.29 bits per heavy atom. The van der Waals surface area contributed by atoms with E-state index in [9.17, 15) is 5.11 Å². The molecule has 17 heavy (non-hydrogen) atoms. The van der Waals surface area contributed by atoms with Crippen molar-refractivity contribution in [2.75, 3.05) is 0 Å². The maximum absolute atomic E-state index is 9.37. The highest BCUT2D eigenvalue weighted by atomic mass is 16.3. The topological polar surface area (TPSA) is 74.7 Å². The smallest absolute Gasteiger partial charge is 0.181 e. The number of fused-ring (bicyclic) bond motifs is 1. The van der Waals surface area contributed by atoms with E-state index in [1.807, 2.05) is 13.0 Å². The summed E-state index contributed by atoms with van der Waals surface area (Å²) in [5, 5.41) is 9.37. The summed E-state index contributed by atoms with van der Waals surface area (Å²) in [5.41, 5.74) is 3.34. The molecule has 0 atom stereocenters. The molecule has 2 N–H and O–H groups in total. The van der Waals surface area contributed by atoms with Gasteiger partial charge in [-0.05, 0) is 30.7 Å². The van der Waals surface area contributed by atoms with Crippen LogP contribution in [-0.2, 0) is 0 Å². The van der Waals surface area contributed by atoms with Gasteiger partial charge in [0.05, 0.1) is 6.20 Å². The van der Waals surface area contributed by atoms with E-state index in [0.29, 0.717) is 5.65 Å². The van der Waals surface area contributed by atoms with Crippen molar-refractivity contribution in [2.24, 2.45) is 0 Å². The Bertz CT molecular complexity index is 657. The molecule has 0 aliphatic heterocycles. The summed E-state index contributed by atoms with van der Waals surface area (Å²) >= 11 is 0. The zero-order valence-corrected chi connectivity index (χ0v) is 9.18. The number of benzene rings is 1. The summed E-state index contributed by atoms with van der Waals surface area (Å²) in [7, 11) is 0. The van der Waals surface area contributed by atoms with Crippen LogP contribution in [0.5, 0.6) is 5.75 Å². The first-order valence-electron chi connectivity index (χ1n) is 5.20.